The third kappa shape index (κ3) is 21.1. The van der Waals surface area contributed by atoms with Crippen molar-refractivity contribution in [3.05, 3.63) is 178 Å². The van der Waals surface area contributed by atoms with Gasteiger partial charge in [0.05, 0.1) is 36.6 Å². The van der Waals surface area contributed by atoms with Crippen molar-refractivity contribution in [3.8, 4) is 23.7 Å². The quantitative estimate of drug-likeness (QED) is 0.0502. The molecule has 1 aliphatic rings. The summed E-state index contributed by atoms with van der Waals surface area (Å²) in [5, 5.41) is 9.02. The highest BCUT2D eigenvalue weighted by Gasteiger charge is 2.43. The van der Waals surface area contributed by atoms with Crippen LogP contribution in [0.4, 0.5) is 0 Å². The van der Waals surface area contributed by atoms with Crippen molar-refractivity contribution in [2.24, 2.45) is 23.7 Å². The number of rotatable bonds is 16. The number of cyclic esters (lactones) is 4. The van der Waals surface area contributed by atoms with Crippen molar-refractivity contribution >= 4 is 47.5 Å². The van der Waals surface area contributed by atoms with Crippen molar-refractivity contribution in [1.29, 1.82) is 0 Å². The SMILES string of the molecule is CC(C)C[C@H]1C(=O)O[C@H](Cc2cccc(Cn3cc(C#Cc4ccccc4)cn3)c2)C(=O)N(C)[C@@H](CC(C)C)C(=O)O[C@H](C)C(=O)N(C)[C@@H](CC(C)C)C(=O)O[C@H](Cc2ccc(Cn3cc(C#Cc4ccccc4)cn3)cc2)C(=O)N(C)[C@@H](CC(C)C)C(=O)O[C@H](C)C(=O)N1C. The molecular weight excluding hydrogens is 1220 g/mol. The van der Waals surface area contributed by atoms with Gasteiger partial charge < -0.3 is 38.5 Å². The predicted octanol–water partition coefficient (Wildman–Crippen LogP) is 8.95. The van der Waals surface area contributed by atoms with Crippen molar-refractivity contribution in [2.45, 2.75) is 169 Å². The van der Waals surface area contributed by atoms with Gasteiger partial charge in [0.25, 0.3) is 23.6 Å². The van der Waals surface area contributed by atoms with E-state index in [-0.39, 0.29) is 62.2 Å². The van der Waals surface area contributed by atoms with E-state index in [1.807, 2.05) is 153 Å². The highest BCUT2D eigenvalue weighted by Crippen LogP contribution is 2.25. The van der Waals surface area contributed by atoms with Gasteiger partial charge in [-0.1, -0.05) is 164 Å². The third-order valence-corrected chi connectivity index (χ3v) is 16.5. The molecule has 20 heteroatoms. The van der Waals surface area contributed by atoms with Gasteiger partial charge in [0, 0.05) is 64.6 Å². The number of amides is 4. The lowest BCUT2D eigenvalue weighted by molar-refractivity contribution is -0.176. The number of aromatic nitrogens is 4. The zero-order valence-corrected chi connectivity index (χ0v) is 57.8. The number of carbonyl (C=O) groups is 8. The van der Waals surface area contributed by atoms with Crippen LogP contribution in [-0.2, 0) is 83.2 Å². The van der Waals surface area contributed by atoms with Crippen LogP contribution in [0.2, 0.25) is 0 Å². The van der Waals surface area contributed by atoms with Gasteiger partial charge in [-0.3, -0.25) is 28.5 Å². The summed E-state index contributed by atoms with van der Waals surface area (Å²) in [5.41, 5.74) is 6.01. The highest BCUT2D eigenvalue weighted by molar-refractivity contribution is 5.94. The first-order valence-corrected chi connectivity index (χ1v) is 32.9. The number of esters is 4. The molecule has 4 amide bonds. The summed E-state index contributed by atoms with van der Waals surface area (Å²) in [6.07, 6.45) is 0.730. The number of hydrogen-bond acceptors (Lipinski definition) is 14. The van der Waals surface area contributed by atoms with E-state index in [4.69, 9.17) is 18.9 Å². The van der Waals surface area contributed by atoms with Gasteiger partial charge in [-0.2, -0.15) is 10.2 Å². The van der Waals surface area contributed by atoms with Gasteiger partial charge in [0.2, 0.25) is 0 Å². The number of ether oxygens (including phenoxy) is 4. The minimum Gasteiger partial charge on any atom is -0.451 e. The molecule has 0 bridgehead atoms. The van der Waals surface area contributed by atoms with E-state index >= 15 is 9.59 Å². The largest absolute Gasteiger partial charge is 0.451 e. The molecule has 0 radical (unpaired) electrons. The molecule has 0 aliphatic carbocycles. The minimum absolute atomic E-state index is 0.0582. The molecule has 508 valence electrons. The molecule has 6 aromatic rings. The van der Waals surface area contributed by atoms with Crippen LogP contribution in [0.25, 0.3) is 0 Å². The fraction of sp³-hybridized carbons (Fsp3) is 0.447. The van der Waals surface area contributed by atoms with Crippen LogP contribution in [0.15, 0.2) is 134 Å². The average Bonchev–Trinajstić information content (AvgIpc) is 1.04. The van der Waals surface area contributed by atoms with Crippen LogP contribution in [0, 0.1) is 47.4 Å². The first-order chi connectivity index (χ1) is 45.6. The Bertz CT molecular complexity index is 3760. The molecule has 1 fully saturated rings. The third-order valence-electron chi connectivity index (χ3n) is 16.5. The normalized spacial score (nSPS) is 20.9. The smallest absolute Gasteiger partial charge is 0.329 e. The van der Waals surface area contributed by atoms with Crippen molar-refractivity contribution < 1.29 is 57.3 Å². The van der Waals surface area contributed by atoms with Crippen LogP contribution in [0.1, 0.15) is 139 Å². The lowest BCUT2D eigenvalue weighted by Crippen LogP contribution is -2.55. The Morgan fingerprint density at radius 1 is 0.375 bits per heavy atom. The zero-order chi connectivity index (χ0) is 69.9. The summed E-state index contributed by atoms with van der Waals surface area (Å²) in [7, 11) is 5.56. The standard InChI is InChI=1S/C76H92N8O12/c1-49(2)36-63-73(89)93-54(10)70(86)80(12)66(39-52(7)8)76(92)96-68(42-59-26-21-27-60(40-59)46-84-48-62(44-78-84)35-29-56-24-19-16-20-25-56)72(88)82(14)64(37-50(3)4)74(90)94-53(9)69(85)79(11)65(38-51(5)6)75(91)95-67(71(87)81(63)13)41-57-30-32-58(33-31-57)45-83-47-61(43-77-83)34-28-55-22-17-15-18-23-55/h15-27,30-33,40,43-44,47-54,63-68H,36-39,41-42,45-46H2,1-14H3/t53-,54-,63+,64+,65+,66+,67-,68-/m1/s1. The van der Waals surface area contributed by atoms with Gasteiger partial charge in [-0.05, 0) is 110 Å². The van der Waals surface area contributed by atoms with Crippen LogP contribution in [0.3, 0.4) is 0 Å². The summed E-state index contributed by atoms with van der Waals surface area (Å²) in [6.45, 7) is 18.2. The summed E-state index contributed by atoms with van der Waals surface area (Å²) in [4.78, 5) is 124. The molecule has 7 rings (SSSR count). The van der Waals surface area contributed by atoms with Gasteiger partial charge in [0.1, 0.15) is 24.2 Å². The Morgan fingerprint density at radius 2 is 0.698 bits per heavy atom. The fourth-order valence-electron chi connectivity index (χ4n) is 11.3. The van der Waals surface area contributed by atoms with Crippen LogP contribution in [-0.4, -0.2) is 163 Å². The first kappa shape index (κ1) is 73.6. The number of nitrogens with zero attached hydrogens (tertiary/aromatic N) is 8. The second-order valence-electron chi connectivity index (χ2n) is 26.5. The summed E-state index contributed by atoms with van der Waals surface area (Å²) < 4.78 is 28.0. The molecule has 96 heavy (non-hydrogen) atoms. The second-order valence-corrected chi connectivity index (χ2v) is 26.5. The molecule has 0 N–H and O–H groups in total. The summed E-state index contributed by atoms with van der Waals surface area (Å²) in [6, 6.07) is 28.6. The molecule has 1 aliphatic heterocycles. The molecule has 20 nitrogen and oxygen atoms in total. The van der Waals surface area contributed by atoms with Crippen LogP contribution in [0.5, 0.6) is 0 Å². The zero-order valence-electron chi connectivity index (χ0n) is 57.8. The Hall–Kier alpha value is -9.82. The van der Waals surface area contributed by atoms with Crippen molar-refractivity contribution in [3.63, 3.8) is 0 Å². The maximum atomic E-state index is 15.3. The van der Waals surface area contributed by atoms with Crippen LogP contribution >= 0.6 is 0 Å². The van der Waals surface area contributed by atoms with E-state index in [0.717, 1.165) is 47.4 Å². The number of carbonyl (C=O) groups excluding carboxylic acids is 8. The van der Waals surface area contributed by atoms with Crippen molar-refractivity contribution in [1.82, 2.24) is 39.2 Å². The second kappa shape index (κ2) is 34.5. The minimum atomic E-state index is -1.59. The molecule has 8 atom stereocenters. The fourth-order valence-corrected chi connectivity index (χ4v) is 11.3. The van der Waals surface area contributed by atoms with Crippen LogP contribution < -0.4 is 0 Å². The summed E-state index contributed by atoms with van der Waals surface area (Å²) in [5.74, 6) is 4.88. The molecule has 2 aromatic heterocycles. The first-order valence-electron chi connectivity index (χ1n) is 32.9. The Labute approximate surface area is 564 Å². The molecule has 0 unspecified atom stereocenters. The highest BCUT2D eigenvalue weighted by atomic mass is 16.6. The van der Waals surface area contributed by atoms with E-state index in [1.54, 1.807) is 46.0 Å². The Balaban J connectivity index is 1.22. The molecule has 0 spiro atoms. The number of benzene rings is 4. The maximum absolute atomic E-state index is 15.3. The average molecular weight is 1310 g/mol. The topological polar surface area (TPSA) is 222 Å². The molecular formula is C76H92N8O12. The maximum Gasteiger partial charge on any atom is 0.329 e. The van der Waals surface area contributed by atoms with E-state index < -0.39 is 96.1 Å². The van der Waals surface area contributed by atoms with Gasteiger partial charge in [0.15, 0.2) is 24.4 Å². The molecule has 0 saturated carbocycles. The van der Waals surface area contributed by atoms with E-state index in [0.29, 0.717) is 29.8 Å². The number of hydrogen-bond donors (Lipinski definition) is 0. The molecule has 4 aromatic carbocycles. The Morgan fingerprint density at radius 3 is 1.08 bits per heavy atom. The van der Waals surface area contributed by atoms with Gasteiger partial charge in [-0.15, -0.1) is 0 Å². The number of likely N-dealkylation sites (N-methyl/N-ethyl adjacent to an activating group) is 4. The molecule has 1 saturated heterocycles. The van der Waals surface area contributed by atoms with Crippen molar-refractivity contribution in [2.75, 3.05) is 28.2 Å². The van der Waals surface area contributed by atoms with Gasteiger partial charge in [-0.25, -0.2) is 19.2 Å². The Kier molecular flexibility index (Phi) is 26.5. The summed E-state index contributed by atoms with van der Waals surface area (Å²) >= 11 is 0. The molecule has 3 heterocycles. The lowest BCUT2D eigenvalue weighted by atomic mass is 9.99. The predicted molar refractivity (Wildman–Crippen MR) is 363 cm³/mol. The monoisotopic (exact) mass is 1310 g/mol. The lowest BCUT2D eigenvalue weighted by Gasteiger charge is -2.35. The van der Waals surface area contributed by atoms with E-state index in [9.17, 15) is 28.8 Å². The van der Waals surface area contributed by atoms with E-state index in [1.165, 1.54) is 42.0 Å². The van der Waals surface area contributed by atoms with Gasteiger partial charge >= 0.3 is 23.9 Å². The van der Waals surface area contributed by atoms with E-state index in [2.05, 4.69) is 33.9 Å².